The molecule has 0 saturated carbocycles. The Balaban J connectivity index is 1.88. The largest absolute Gasteiger partial charge is 0.449 e. The van der Waals surface area contributed by atoms with Crippen LogP contribution < -0.4 is 0 Å². The quantitative estimate of drug-likeness (QED) is 0.620. The van der Waals surface area contributed by atoms with E-state index in [2.05, 4.69) is 0 Å². The van der Waals surface area contributed by atoms with E-state index in [1.165, 1.54) is 12.1 Å². The molecule has 112 valence electrons. The number of amides is 2. The summed E-state index contributed by atoms with van der Waals surface area (Å²) >= 11 is 0. The third kappa shape index (κ3) is 3.12. The molecule has 0 bridgehead atoms. The third-order valence-corrected chi connectivity index (χ3v) is 3.23. The molecule has 0 saturated heterocycles. The van der Waals surface area contributed by atoms with E-state index in [4.69, 9.17) is 0 Å². The molecule has 2 rings (SSSR count). The molecule has 1 aliphatic rings. The monoisotopic (exact) mass is 299 g/mol. The molecule has 7 heteroatoms. The molecule has 1 aromatic rings. The summed E-state index contributed by atoms with van der Waals surface area (Å²) in [5, 5.41) is 0. The van der Waals surface area contributed by atoms with Crippen molar-refractivity contribution in [1.82, 2.24) is 4.90 Å². The van der Waals surface area contributed by atoms with Gasteiger partial charge in [-0.15, -0.1) is 0 Å². The van der Waals surface area contributed by atoms with Gasteiger partial charge in [-0.05, 0) is 25.0 Å². The smallest absolute Gasteiger partial charge is 0.290 e. The van der Waals surface area contributed by atoms with Crippen molar-refractivity contribution in [3.05, 3.63) is 35.4 Å². The zero-order chi connectivity index (χ0) is 15.6. The van der Waals surface area contributed by atoms with Crippen molar-refractivity contribution in [3.8, 4) is 0 Å². The number of Topliss-reactive ketones (excluding diaryl/α,β-unsaturated/α-hetero) is 1. The second-order valence-electron chi connectivity index (χ2n) is 4.69. The predicted octanol–water partition coefficient (Wildman–Crippen LogP) is 2.58. The van der Waals surface area contributed by atoms with E-state index < -0.39 is 30.2 Å². The summed E-state index contributed by atoms with van der Waals surface area (Å²) in [6.07, 6.45) is -5.32. The molecule has 21 heavy (non-hydrogen) atoms. The number of imide groups is 1. The van der Waals surface area contributed by atoms with E-state index in [0.717, 1.165) is 4.90 Å². The summed E-state index contributed by atoms with van der Waals surface area (Å²) in [7, 11) is 0. The van der Waals surface area contributed by atoms with Gasteiger partial charge in [-0.3, -0.25) is 19.3 Å². The molecule has 1 heterocycles. The van der Waals surface area contributed by atoms with E-state index in [1.807, 2.05) is 0 Å². The summed E-state index contributed by atoms with van der Waals surface area (Å²) in [5.41, 5.74) is 0.600. The highest BCUT2D eigenvalue weighted by Crippen LogP contribution is 2.23. The normalized spacial score (nSPS) is 14.5. The SMILES string of the molecule is O=C1c2ccccc2C(=O)N1CCCCC(=O)C(F)(F)F. The number of unbranched alkanes of at least 4 members (excludes halogenated alkanes) is 1. The fourth-order valence-electron chi connectivity index (χ4n) is 2.14. The summed E-state index contributed by atoms with van der Waals surface area (Å²) in [4.78, 5) is 35.6. The van der Waals surface area contributed by atoms with Gasteiger partial charge in [0.2, 0.25) is 5.78 Å². The van der Waals surface area contributed by atoms with Crippen molar-refractivity contribution >= 4 is 17.6 Å². The summed E-state index contributed by atoms with van der Waals surface area (Å²) < 4.78 is 36.0. The Bertz CT molecular complexity index is 560. The predicted molar refractivity (Wildman–Crippen MR) is 66.7 cm³/mol. The molecular formula is C14H12F3NO3. The van der Waals surface area contributed by atoms with Gasteiger partial charge in [0.25, 0.3) is 11.8 Å². The molecule has 4 nitrogen and oxygen atoms in total. The Morgan fingerprint density at radius 1 is 1.00 bits per heavy atom. The van der Waals surface area contributed by atoms with Crippen molar-refractivity contribution in [2.75, 3.05) is 6.54 Å². The minimum atomic E-state index is -4.82. The van der Waals surface area contributed by atoms with Crippen LogP contribution in [0.2, 0.25) is 0 Å². The second kappa shape index (κ2) is 5.67. The molecule has 0 radical (unpaired) electrons. The first-order chi connectivity index (χ1) is 9.82. The maximum Gasteiger partial charge on any atom is 0.449 e. The Hall–Kier alpha value is -2.18. The maximum absolute atomic E-state index is 12.0. The molecule has 0 aromatic heterocycles. The molecule has 0 aliphatic carbocycles. The lowest BCUT2D eigenvalue weighted by Gasteiger charge is -2.13. The highest BCUT2D eigenvalue weighted by atomic mass is 19.4. The molecule has 2 amide bonds. The Labute approximate surface area is 118 Å². The minimum absolute atomic E-state index is 0.0114. The number of benzene rings is 1. The lowest BCUT2D eigenvalue weighted by molar-refractivity contribution is -0.171. The van der Waals surface area contributed by atoms with Crippen LogP contribution in [0.3, 0.4) is 0 Å². The molecule has 1 aromatic carbocycles. The Morgan fingerprint density at radius 3 is 2.00 bits per heavy atom. The van der Waals surface area contributed by atoms with Crippen LogP contribution in [0.5, 0.6) is 0 Å². The van der Waals surface area contributed by atoms with Crippen LogP contribution in [0.4, 0.5) is 13.2 Å². The number of carbonyl (C=O) groups excluding carboxylic acids is 3. The van der Waals surface area contributed by atoms with Gasteiger partial charge in [-0.2, -0.15) is 13.2 Å². The first-order valence-corrected chi connectivity index (χ1v) is 6.37. The van der Waals surface area contributed by atoms with Gasteiger partial charge >= 0.3 is 6.18 Å². The fraction of sp³-hybridized carbons (Fsp3) is 0.357. The number of hydrogen-bond acceptors (Lipinski definition) is 3. The summed E-state index contributed by atoms with van der Waals surface area (Å²) in [5.74, 6) is -2.68. The molecule has 0 N–H and O–H groups in total. The molecule has 0 unspecified atom stereocenters. The van der Waals surface area contributed by atoms with Crippen LogP contribution >= 0.6 is 0 Å². The number of alkyl halides is 3. The van der Waals surface area contributed by atoms with E-state index in [1.54, 1.807) is 12.1 Å². The number of rotatable bonds is 5. The summed E-state index contributed by atoms with van der Waals surface area (Å²) in [6, 6.07) is 6.33. The van der Waals surface area contributed by atoms with E-state index in [0.29, 0.717) is 11.1 Å². The van der Waals surface area contributed by atoms with Gasteiger partial charge < -0.3 is 0 Å². The zero-order valence-electron chi connectivity index (χ0n) is 10.9. The molecule has 0 spiro atoms. The van der Waals surface area contributed by atoms with E-state index >= 15 is 0 Å². The van der Waals surface area contributed by atoms with Crippen molar-refractivity contribution in [2.24, 2.45) is 0 Å². The van der Waals surface area contributed by atoms with Crippen molar-refractivity contribution in [2.45, 2.75) is 25.4 Å². The number of nitrogens with zero attached hydrogens (tertiary/aromatic N) is 1. The average molecular weight is 299 g/mol. The van der Waals surface area contributed by atoms with E-state index in [9.17, 15) is 27.6 Å². The van der Waals surface area contributed by atoms with Gasteiger partial charge in [0.15, 0.2) is 0 Å². The van der Waals surface area contributed by atoms with Gasteiger partial charge in [-0.25, -0.2) is 0 Å². The number of fused-ring (bicyclic) bond motifs is 1. The van der Waals surface area contributed by atoms with Crippen molar-refractivity contribution in [1.29, 1.82) is 0 Å². The van der Waals surface area contributed by atoms with E-state index in [-0.39, 0.29) is 19.4 Å². The fourth-order valence-corrected chi connectivity index (χ4v) is 2.14. The maximum atomic E-state index is 12.0. The van der Waals surface area contributed by atoms with Crippen LogP contribution in [-0.2, 0) is 4.79 Å². The topological polar surface area (TPSA) is 54.5 Å². The van der Waals surface area contributed by atoms with Gasteiger partial charge in [0, 0.05) is 13.0 Å². The van der Waals surface area contributed by atoms with Gasteiger partial charge in [0.05, 0.1) is 11.1 Å². The Kier molecular flexibility index (Phi) is 4.11. The van der Waals surface area contributed by atoms with Gasteiger partial charge in [0.1, 0.15) is 0 Å². The third-order valence-electron chi connectivity index (χ3n) is 3.23. The summed E-state index contributed by atoms with van der Waals surface area (Å²) in [6.45, 7) is 0.0114. The van der Waals surface area contributed by atoms with Crippen LogP contribution in [0.25, 0.3) is 0 Å². The minimum Gasteiger partial charge on any atom is -0.290 e. The number of hydrogen-bond donors (Lipinski definition) is 0. The van der Waals surface area contributed by atoms with Gasteiger partial charge in [-0.1, -0.05) is 12.1 Å². The molecule has 0 atom stereocenters. The highest BCUT2D eigenvalue weighted by molar-refractivity contribution is 6.21. The van der Waals surface area contributed by atoms with Crippen LogP contribution in [0, 0.1) is 0 Å². The lowest BCUT2D eigenvalue weighted by Crippen LogP contribution is -2.31. The molecular weight excluding hydrogens is 287 g/mol. The molecule has 1 aliphatic heterocycles. The number of halogens is 3. The molecule has 0 fully saturated rings. The zero-order valence-corrected chi connectivity index (χ0v) is 10.9. The number of ketones is 1. The number of carbonyl (C=O) groups is 3. The Morgan fingerprint density at radius 2 is 1.52 bits per heavy atom. The van der Waals surface area contributed by atoms with Crippen LogP contribution in [0.1, 0.15) is 40.0 Å². The van der Waals surface area contributed by atoms with Crippen molar-refractivity contribution < 1.29 is 27.6 Å². The standard InChI is InChI=1S/C14H12F3NO3/c15-14(16,17)11(19)7-3-4-8-18-12(20)9-5-1-2-6-10(9)13(18)21/h1-2,5-6H,3-4,7-8H2. The highest BCUT2D eigenvalue weighted by Gasteiger charge is 2.37. The second-order valence-corrected chi connectivity index (χ2v) is 4.69. The average Bonchev–Trinajstić information content (AvgIpc) is 2.67. The van der Waals surface area contributed by atoms with Crippen molar-refractivity contribution in [3.63, 3.8) is 0 Å². The first-order valence-electron chi connectivity index (χ1n) is 6.37. The first kappa shape index (κ1) is 15.2. The van der Waals surface area contributed by atoms with Crippen LogP contribution in [0.15, 0.2) is 24.3 Å². The van der Waals surface area contributed by atoms with Crippen LogP contribution in [-0.4, -0.2) is 35.2 Å². The lowest BCUT2D eigenvalue weighted by atomic mass is 10.1.